The molecule has 3 aromatic rings. The molecule has 2 heterocycles. The fraction of sp³-hybridized carbons (Fsp3) is 0.259. The molecule has 164 valence electrons. The molecule has 0 radical (unpaired) electrons. The number of rotatable bonds is 6. The fourth-order valence-corrected chi connectivity index (χ4v) is 5.21. The van der Waals surface area contributed by atoms with Crippen LogP contribution < -0.4 is 0 Å². The van der Waals surface area contributed by atoms with E-state index in [1.807, 2.05) is 24.3 Å². The number of hydrogen-bond donors (Lipinski definition) is 0. The Morgan fingerprint density at radius 2 is 1.59 bits per heavy atom. The van der Waals surface area contributed by atoms with Gasteiger partial charge in [0.1, 0.15) is 0 Å². The Morgan fingerprint density at radius 1 is 0.906 bits per heavy atom. The summed E-state index contributed by atoms with van der Waals surface area (Å²) in [4.78, 5) is 27.3. The number of thioether (sulfide) groups is 1. The van der Waals surface area contributed by atoms with Gasteiger partial charge < -0.3 is 4.57 Å². The van der Waals surface area contributed by atoms with Crippen LogP contribution >= 0.6 is 11.8 Å². The standard InChI is InChI=1S/C27H28N2O2S/c1-18-10-8-11-19(2)25(18)29-20(3)16-23(21(29)4)17-24-26(30)28(27(31)32-24)15-9-14-22-12-6-5-7-13-22/h5-8,10-13,16-17H,9,14-15H2,1-4H3/b24-17+. The monoisotopic (exact) mass is 444 g/mol. The van der Waals surface area contributed by atoms with Crippen LogP contribution in [-0.2, 0) is 11.2 Å². The molecule has 4 nitrogen and oxygen atoms in total. The van der Waals surface area contributed by atoms with Crippen molar-refractivity contribution in [2.24, 2.45) is 0 Å². The smallest absolute Gasteiger partial charge is 0.293 e. The Bertz CT molecular complexity index is 1190. The Hall–Kier alpha value is -3.05. The minimum Gasteiger partial charge on any atom is -0.317 e. The van der Waals surface area contributed by atoms with Gasteiger partial charge in [-0.1, -0.05) is 48.5 Å². The highest BCUT2D eigenvalue weighted by Crippen LogP contribution is 2.34. The molecular formula is C27H28N2O2S. The van der Waals surface area contributed by atoms with Crippen molar-refractivity contribution in [2.45, 2.75) is 40.5 Å². The SMILES string of the molecule is Cc1cccc(C)c1-n1c(C)cc(/C=C2/SC(=O)N(CCCc3ccccc3)C2=O)c1C. The summed E-state index contributed by atoms with van der Waals surface area (Å²) in [5.41, 5.74) is 7.95. The average Bonchev–Trinajstić information content (AvgIpc) is 3.19. The summed E-state index contributed by atoms with van der Waals surface area (Å²) in [5.74, 6) is -0.190. The third kappa shape index (κ3) is 4.30. The number of carbonyl (C=O) groups is 2. The molecule has 1 fully saturated rings. The third-order valence-electron chi connectivity index (χ3n) is 5.98. The van der Waals surface area contributed by atoms with E-state index in [0.29, 0.717) is 11.4 Å². The molecule has 0 spiro atoms. The highest BCUT2D eigenvalue weighted by Gasteiger charge is 2.34. The van der Waals surface area contributed by atoms with E-state index in [0.717, 1.165) is 41.6 Å². The molecule has 0 unspecified atom stereocenters. The summed E-state index contributed by atoms with van der Waals surface area (Å²) < 4.78 is 2.24. The topological polar surface area (TPSA) is 42.3 Å². The zero-order chi connectivity index (χ0) is 22.8. The van der Waals surface area contributed by atoms with E-state index in [1.165, 1.54) is 27.3 Å². The predicted molar refractivity (Wildman–Crippen MR) is 132 cm³/mol. The van der Waals surface area contributed by atoms with E-state index < -0.39 is 0 Å². The van der Waals surface area contributed by atoms with Gasteiger partial charge in [-0.3, -0.25) is 14.5 Å². The molecule has 0 bridgehead atoms. The van der Waals surface area contributed by atoms with Crippen molar-refractivity contribution < 1.29 is 9.59 Å². The maximum atomic E-state index is 13.0. The Balaban J connectivity index is 1.54. The molecule has 4 rings (SSSR count). The van der Waals surface area contributed by atoms with Gasteiger partial charge in [0, 0.05) is 17.9 Å². The number of aromatic nitrogens is 1. The molecule has 32 heavy (non-hydrogen) atoms. The molecule has 1 saturated heterocycles. The largest absolute Gasteiger partial charge is 0.317 e. The van der Waals surface area contributed by atoms with Crippen LogP contribution in [0.15, 0.2) is 59.5 Å². The summed E-state index contributed by atoms with van der Waals surface area (Å²) >= 11 is 1.04. The Morgan fingerprint density at radius 3 is 2.28 bits per heavy atom. The van der Waals surface area contributed by atoms with Gasteiger partial charge in [0.15, 0.2) is 0 Å². The van der Waals surface area contributed by atoms with Crippen LogP contribution in [0.5, 0.6) is 0 Å². The van der Waals surface area contributed by atoms with E-state index in [2.05, 4.69) is 68.7 Å². The van der Waals surface area contributed by atoms with Gasteiger partial charge in [0.25, 0.3) is 11.1 Å². The van der Waals surface area contributed by atoms with Gasteiger partial charge in [0.2, 0.25) is 0 Å². The van der Waals surface area contributed by atoms with Gasteiger partial charge >= 0.3 is 0 Å². The second-order valence-electron chi connectivity index (χ2n) is 8.32. The molecule has 1 aliphatic heterocycles. The normalized spacial score (nSPS) is 15.2. The summed E-state index contributed by atoms with van der Waals surface area (Å²) in [6, 6.07) is 18.5. The molecule has 2 aromatic carbocycles. The highest BCUT2D eigenvalue weighted by molar-refractivity contribution is 8.18. The number of carbonyl (C=O) groups excluding carboxylic acids is 2. The van der Waals surface area contributed by atoms with Crippen LogP contribution in [-0.4, -0.2) is 27.2 Å². The lowest BCUT2D eigenvalue weighted by Gasteiger charge is -2.15. The van der Waals surface area contributed by atoms with Crippen molar-refractivity contribution in [3.05, 3.63) is 93.1 Å². The first-order valence-corrected chi connectivity index (χ1v) is 11.7. The van der Waals surface area contributed by atoms with E-state index in [9.17, 15) is 9.59 Å². The number of nitrogens with zero attached hydrogens (tertiary/aromatic N) is 2. The fourth-order valence-electron chi connectivity index (χ4n) is 4.36. The van der Waals surface area contributed by atoms with E-state index >= 15 is 0 Å². The second-order valence-corrected chi connectivity index (χ2v) is 9.32. The van der Waals surface area contributed by atoms with E-state index in [4.69, 9.17) is 0 Å². The molecule has 1 aliphatic rings. The lowest BCUT2D eigenvalue weighted by Crippen LogP contribution is -2.29. The first-order chi connectivity index (χ1) is 15.4. The first kappa shape index (κ1) is 22.2. The van der Waals surface area contributed by atoms with Crippen LogP contribution in [0.3, 0.4) is 0 Å². The quantitative estimate of drug-likeness (QED) is 0.414. The van der Waals surface area contributed by atoms with Gasteiger partial charge in [-0.25, -0.2) is 0 Å². The Labute approximate surface area is 193 Å². The minimum absolute atomic E-state index is 0.183. The van der Waals surface area contributed by atoms with Crippen LogP contribution in [0.1, 0.15) is 40.1 Å². The van der Waals surface area contributed by atoms with Crippen LogP contribution in [0.4, 0.5) is 4.79 Å². The van der Waals surface area contributed by atoms with Crippen LogP contribution in [0.25, 0.3) is 11.8 Å². The number of aryl methyl sites for hydroxylation is 4. The first-order valence-electron chi connectivity index (χ1n) is 10.9. The Kier molecular flexibility index (Phi) is 6.38. The molecule has 2 amide bonds. The third-order valence-corrected chi connectivity index (χ3v) is 6.89. The van der Waals surface area contributed by atoms with Crippen LogP contribution in [0.2, 0.25) is 0 Å². The van der Waals surface area contributed by atoms with Crippen molar-refractivity contribution in [3.8, 4) is 5.69 Å². The number of amides is 2. The van der Waals surface area contributed by atoms with Gasteiger partial charge in [0.05, 0.1) is 10.6 Å². The number of para-hydroxylation sites is 1. The summed E-state index contributed by atoms with van der Waals surface area (Å²) in [6.45, 7) is 8.81. The van der Waals surface area contributed by atoms with Gasteiger partial charge in [-0.05, 0) is 86.7 Å². The highest BCUT2D eigenvalue weighted by atomic mass is 32.2. The minimum atomic E-state index is -0.190. The maximum absolute atomic E-state index is 13.0. The van der Waals surface area contributed by atoms with Crippen molar-refractivity contribution in [3.63, 3.8) is 0 Å². The predicted octanol–water partition coefficient (Wildman–Crippen LogP) is 6.38. The summed E-state index contributed by atoms with van der Waals surface area (Å²) in [6.07, 6.45) is 3.48. The zero-order valence-corrected chi connectivity index (χ0v) is 19.8. The van der Waals surface area contributed by atoms with E-state index in [-0.39, 0.29) is 11.1 Å². The van der Waals surface area contributed by atoms with Crippen LogP contribution in [0, 0.1) is 27.7 Å². The van der Waals surface area contributed by atoms with E-state index in [1.54, 1.807) is 0 Å². The summed E-state index contributed by atoms with van der Waals surface area (Å²) in [5, 5.41) is -0.183. The van der Waals surface area contributed by atoms with Crippen molar-refractivity contribution in [2.75, 3.05) is 6.54 Å². The maximum Gasteiger partial charge on any atom is 0.293 e. The molecular weight excluding hydrogens is 416 g/mol. The lowest BCUT2D eigenvalue weighted by atomic mass is 10.1. The summed E-state index contributed by atoms with van der Waals surface area (Å²) in [7, 11) is 0. The number of benzene rings is 2. The average molecular weight is 445 g/mol. The molecule has 0 atom stereocenters. The zero-order valence-electron chi connectivity index (χ0n) is 19.0. The molecule has 5 heteroatoms. The second kappa shape index (κ2) is 9.21. The lowest BCUT2D eigenvalue weighted by molar-refractivity contribution is -0.122. The molecule has 0 saturated carbocycles. The van der Waals surface area contributed by atoms with Crippen molar-refractivity contribution >= 4 is 29.0 Å². The van der Waals surface area contributed by atoms with Gasteiger partial charge in [-0.15, -0.1) is 0 Å². The van der Waals surface area contributed by atoms with Gasteiger partial charge in [-0.2, -0.15) is 0 Å². The molecule has 1 aromatic heterocycles. The number of imide groups is 1. The van der Waals surface area contributed by atoms with Crippen molar-refractivity contribution in [1.82, 2.24) is 9.47 Å². The number of hydrogen-bond acceptors (Lipinski definition) is 3. The molecule has 0 aliphatic carbocycles. The molecule has 0 N–H and O–H groups in total. The van der Waals surface area contributed by atoms with Crippen molar-refractivity contribution in [1.29, 1.82) is 0 Å².